The first-order valence-corrected chi connectivity index (χ1v) is 4.92. The number of nitrogens with zero attached hydrogens (tertiary/aromatic N) is 2. The lowest BCUT2D eigenvalue weighted by molar-refractivity contribution is 0.548. The van der Waals surface area contributed by atoms with Crippen molar-refractivity contribution in [1.82, 2.24) is 9.97 Å². The maximum atomic E-state index is 5.47. The third kappa shape index (κ3) is 2.15. The Morgan fingerprint density at radius 1 is 1.27 bits per heavy atom. The molecular formula is C11H13N3O. The summed E-state index contributed by atoms with van der Waals surface area (Å²) in [7, 11) is 0. The van der Waals surface area contributed by atoms with Gasteiger partial charge in [-0.15, -0.1) is 0 Å². The number of anilines is 1. The molecule has 1 N–H and O–H groups in total. The monoisotopic (exact) mass is 203 g/mol. The van der Waals surface area contributed by atoms with Gasteiger partial charge in [-0.3, -0.25) is 0 Å². The molecule has 4 heteroatoms. The van der Waals surface area contributed by atoms with Gasteiger partial charge < -0.3 is 9.73 Å². The van der Waals surface area contributed by atoms with Gasteiger partial charge >= 0.3 is 0 Å². The summed E-state index contributed by atoms with van der Waals surface area (Å²) in [6.07, 6.45) is 3.51. The van der Waals surface area contributed by atoms with Gasteiger partial charge in [-0.25, -0.2) is 9.97 Å². The molecule has 0 aromatic carbocycles. The molecule has 0 unspecified atom stereocenters. The fraction of sp³-hybridized carbons (Fsp3) is 0.273. The highest BCUT2D eigenvalue weighted by Gasteiger charge is 2.03. The summed E-state index contributed by atoms with van der Waals surface area (Å²) in [5.74, 6) is 2.33. The number of furan rings is 1. The fourth-order valence-corrected chi connectivity index (χ4v) is 1.29. The Balaban J connectivity index is 2.23. The van der Waals surface area contributed by atoms with Gasteiger partial charge in [-0.05, 0) is 26.0 Å². The van der Waals surface area contributed by atoms with Crippen LogP contribution in [0.25, 0.3) is 11.3 Å². The topological polar surface area (TPSA) is 51.0 Å². The van der Waals surface area contributed by atoms with E-state index in [0.29, 0.717) is 5.95 Å². The average molecular weight is 203 g/mol. The molecule has 0 saturated carbocycles. The molecule has 0 aliphatic rings. The van der Waals surface area contributed by atoms with E-state index in [0.717, 1.165) is 23.6 Å². The number of aryl methyl sites for hydroxylation is 1. The van der Waals surface area contributed by atoms with Crippen LogP contribution in [-0.2, 0) is 0 Å². The van der Waals surface area contributed by atoms with Gasteiger partial charge in [0.05, 0.1) is 5.56 Å². The van der Waals surface area contributed by atoms with Gasteiger partial charge in [0.2, 0.25) is 5.95 Å². The molecule has 4 nitrogen and oxygen atoms in total. The van der Waals surface area contributed by atoms with E-state index in [2.05, 4.69) is 15.3 Å². The summed E-state index contributed by atoms with van der Waals surface area (Å²) in [6, 6.07) is 3.84. The standard InChI is InChI=1S/C11H13N3O/c1-3-12-11-13-6-9(7-14-11)10-5-4-8(2)15-10/h4-7H,3H2,1-2H3,(H,12,13,14). The van der Waals surface area contributed by atoms with E-state index in [1.54, 1.807) is 12.4 Å². The van der Waals surface area contributed by atoms with E-state index < -0.39 is 0 Å². The Kier molecular flexibility index (Phi) is 2.67. The smallest absolute Gasteiger partial charge is 0.222 e. The van der Waals surface area contributed by atoms with Crippen molar-refractivity contribution in [3.8, 4) is 11.3 Å². The molecule has 0 aliphatic heterocycles. The number of hydrogen-bond donors (Lipinski definition) is 1. The Morgan fingerprint density at radius 2 is 2.00 bits per heavy atom. The van der Waals surface area contributed by atoms with Crippen molar-refractivity contribution in [2.75, 3.05) is 11.9 Å². The average Bonchev–Trinajstić information content (AvgIpc) is 2.67. The van der Waals surface area contributed by atoms with Crippen molar-refractivity contribution < 1.29 is 4.42 Å². The zero-order valence-electron chi connectivity index (χ0n) is 8.82. The highest BCUT2D eigenvalue weighted by molar-refractivity contribution is 5.55. The van der Waals surface area contributed by atoms with Gasteiger partial charge in [0.1, 0.15) is 11.5 Å². The maximum Gasteiger partial charge on any atom is 0.222 e. The van der Waals surface area contributed by atoms with E-state index in [1.807, 2.05) is 26.0 Å². The maximum absolute atomic E-state index is 5.47. The van der Waals surface area contributed by atoms with Crippen LogP contribution in [-0.4, -0.2) is 16.5 Å². The van der Waals surface area contributed by atoms with Gasteiger partial charge in [0.15, 0.2) is 0 Å². The first-order chi connectivity index (χ1) is 7.29. The molecule has 0 radical (unpaired) electrons. The first kappa shape index (κ1) is 9.71. The van der Waals surface area contributed by atoms with Crippen molar-refractivity contribution in [3.63, 3.8) is 0 Å². The minimum atomic E-state index is 0.643. The third-order valence-electron chi connectivity index (χ3n) is 2.01. The molecular weight excluding hydrogens is 190 g/mol. The number of aromatic nitrogens is 2. The van der Waals surface area contributed by atoms with E-state index >= 15 is 0 Å². The fourth-order valence-electron chi connectivity index (χ4n) is 1.29. The lowest BCUT2D eigenvalue weighted by Gasteiger charge is -2.00. The molecule has 2 aromatic rings. The van der Waals surface area contributed by atoms with Crippen LogP contribution in [0.15, 0.2) is 28.9 Å². The van der Waals surface area contributed by atoms with Crippen LogP contribution >= 0.6 is 0 Å². The van der Waals surface area contributed by atoms with Crippen molar-refractivity contribution in [2.24, 2.45) is 0 Å². The zero-order chi connectivity index (χ0) is 10.7. The van der Waals surface area contributed by atoms with Crippen LogP contribution in [0.3, 0.4) is 0 Å². The van der Waals surface area contributed by atoms with Crippen LogP contribution in [0.2, 0.25) is 0 Å². The van der Waals surface area contributed by atoms with Gasteiger partial charge in [-0.2, -0.15) is 0 Å². The molecule has 0 saturated heterocycles. The predicted molar refractivity (Wildman–Crippen MR) is 58.6 cm³/mol. The first-order valence-electron chi connectivity index (χ1n) is 4.92. The Morgan fingerprint density at radius 3 is 2.53 bits per heavy atom. The van der Waals surface area contributed by atoms with Crippen LogP contribution < -0.4 is 5.32 Å². The number of hydrogen-bond acceptors (Lipinski definition) is 4. The highest BCUT2D eigenvalue weighted by Crippen LogP contribution is 2.20. The molecule has 2 heterocycles. The molecule has 0 aliphatic carbocycles. The van der Waals surface area contributed by atoms with Gasteiger partial charge in [-0.1, -0.05) is 0 Å². The second-order valence-electron chi connectivity index (χ2n) is 3.24. The second-order valence-corrected chi connectivity index (χ2v) is 3.24. The SMILES string of the molecule is CCNc1ncc(-c2ccc(C)o2)cn1. The molecule has 2 aromatic heterocycles. The molecule has 15 heavy (non-hydrogen) atoms. The van der Waals surface area contributed by atoms with E-state index in [1.165, 1.54) is 0 Å². The summed E-state index contributed by atoms with van der Waals surface area (Å²) in [4.78, 5) is 8.34. The summed E-state index contributed by atoms with van der Waals surface area (Å²) >= 11 is 0. The third-order valence-corrected chi connectivity index (χ3v) is 2.01. The molecule has 0 atom stereocenters. The second kappa shape index (κ2) is 4.13. The minimum absolute atomic E-state index is 0.643. The number of rotatable bonds is 3. The van der Waals surface area contributed by atoms with Crippen LogP contribution in [0.5, 0.6) is 0 Å². The molecule has 0 spiro atoms. The lowest BCUT2D eigenvalue weighted by Crippen LogP contribution is -2.01. The number of nitrogens with one attached hydrogen (secondary N) is 1. The van der Waals surface area contributed by atoms with Crippen LogP contribution in [0, 0.1) is 6.92 Å². The molecule has 0 bridgehead atoms. The van der Waals surface area contributed by atoms with E-state index in [-0.39, 0.29) is 0 Å². The van der Waals surface area contributed by atoms with Crippen molar-refractivity contribution in [2.45, 2.75) is 13.8 Å². The summed E-state index contributed by atoms with van der Waals surface area (Å²) in [5.41, 5.74) is 0.893. The molecule has 0 amide bonds. The quantitative estimate of drug-likeness (QED) is 0.832. The lowest BCUT2D eigenvalue weighted by atomic mass is 10.3. The van der Waals surface area contributed by atoms with Crippen LogP contribution in [0.1, 0.15) is 12.7 Å². The normalized spacial score (nSPS) is 10.3. The van der Waals surface area contributed by atoms with Crippen LogP contribution in [0.4, 0.5) is 5.95 Å². The van der Waals surface area contributed by atoms with Crippen molar-refractivity contribution in [1.29, 1.82) is 0 Å². The van der Waals surface area contributed by atoms with Gasteiger partial charge in [0, 0.05) is 18.9 Å². The Labute approximate surface area is 88.4 Å². The molecule has 2 rings (SSSR count). The summed E-state index contributed by atoms with van der Waals surface area (Å²) in [6.45, 7) is 4.74. The zero-order valence-corrected chi connectivity index (χ0v) is 8.82. The Bertz CT molecular complexity index is 433. The molecule has 78 valence electrons. The minimum Gasteiger partial charge on any atom is -0.461 e. The van der Waals surface area contributed by atoms with E-state index in [9.17, 15) is 0 Å². The Hall–Kier alpha value is -1.84. The highest BCUT2D eigenvalue weighted by atomic mass is 16.3. The van der Waals surface area contributed by atoms with Crippen molar-refractivity contribution >= 4 is 5.95 Å². The van der Waals surface area contributed by atoms with E-state index in [4.69, 9.17) is 4.42 Å². The molecule has 0 fully saturated rings. The van der Waals surface area contributed by atoms with Gasteiger partial charge in [0.25, 0.3) is 0 Å². The largest absolute Gasteiger partial charge is 0.461 e. The van der Waals surface area contributed by atoms with Crippen molar-refractivity contribution in [3.05, 3.63) is 30.3 Å². The summed E-state index contributed by atoms with van der Waals surface area (Å²) < 4.78 is 5.47. The predicted octanol–water partition coefficient (Wildman–Crippen LogP) is 2.48. The summed E-state index contributed by atoms with van der Waals surface area (Å²) in [5, 5.41) is 3.04.